The zero-order valence-corrected chi connectivity index (χ0v) is 11.1. The molecule has 3 rings (SSSR count). The molecule has 0 saturated carbocycles. The summed E-state index contributed by atoms with van der Waals surface area (Å²) in [7, 11) is 1.47. The van der Waals surface area contributed by atoms with Gasteiger partial charge in [-0.15, -0.1) is 4.73 Å². The molecular weight excluding hydrogens is 272 g/mol. The molecule has 2 N–H and O–H groups in total. The number of aromatic nitrogens is 2. The van der Waals surface area contributed by atoms with E-state index in [1.54, 1.807) is 36.4 Å². The highest BCUT2D eigenvalue weighted by molar-refractivity contribution is 5.91. The summed E-state index contributed by atoms with van der Waals surface area (Å²) in [5, 5.41) is 20.7. The number of pyridine rings is 2. The van der Waals surface area contributed by atoms with Gasteiger partial charge in [0.05, 0.1) is 18.1 Å². The molecule has 0 amide bonds. The summed E-state index contributed by atoms with van der Waals surface area (Å²) in [4.78, 5) is 16.2. The van der Waals surface area contributed by atoms with Crippen molar-refractivity contribution in [2.75, 3.05) is 7.11 Å². The molecule has 0 fully saturated rings. The van der Waals surface area contributed by atoms with Gasteiger partial charge in [0.1, 0.15) is 11.5 Å². The first-order valence-electron chi connectivity index (χ1n) is 6.20. The van der Waals surface area contributed by atoms with E-state index in [0.717, 1.165) is 0 Å². The lowest BCUT2D eigenvalue weighted by Gasteiger charge is -2.12. The second-order valence-corrected chi connectivity index (χ2v) is 4.42. The molecule has 2 aromatic heterocycles. The molecular formula is C15H12N2O4. The van der Waals surface area contributed by atoms with Crippen LogP contribution in [0.25, 0.3) is 22.2 Å². The van der Waals surface area contributed by atoms with Gasteiger partial charge < -0.3 is 15.1 Å². The van der Waals surface area contributed by atoms with Crippen LogP contribution in [0.1, 0.15) is 0 Å². The number of hydrogen-bond donors (Lipinski definition) is 2. The molecule has 0 aliphatic heterocycles. The van der Waals surface area contributed by atoms with Gasteiger partial charge >= 0.3 is 0 Å². The molecule has 6 heteroatoms. The van der Waals surface area contributed by atoms with Crippen LogP contribution in [0.5, 0.6) is 11.5 Å². The standard InChI is InChI=1S/C15H12N2O4/c1-21-11-7-3-2-5-9(11)12-13(18)10-6-4-8-16-14(10)17(20)15(12)19/h2-8,18,20H,1H3. The summed E-state index contributed by atoms with van der Waals surface area (Å²) in [6.07, 6.45) is 1.43. The SMILES string of the molecule is COc1ccccc1-c1c(O)c2cccnc2n(O)c1=O. The zero-order valence-electron chi connectivity index (χ0n) is 11.1. The van der Waals surface area contributed by atoms with E-state index in [1.165, 1.54) is 13.3 Å². The lowest BCUT2D eigenvalue weighted by atomic mass is 10.0. The fourth-order valence-electron chi connectivity index (χ4n) is 2.28. The fourth-order valence-corrected chi connectivity index (χ4v) is 2.28. The minimum atomic E-state index is -0.761. The van der Waals surface area contributed by atoms with Crippen LogP contribution in [-0.2, 0) is 0 Å². The Balaban J connectivity index is 2.46. The summed E-state index contributed by atoms with van der Waals surface area (Å²) in [5.41, 5.74) is -0.395. The molecule has 0 atom stereocenters. The van der Waals surface area contributed by atoms with Gasteiger partial charge in [-0.05, 0) is 18.2 Å². The number of rotatable bonds is 2. The Hall–Kier alpha value is -3.02. The molecule has 0 aliphatic carbocycles. The smallest absolute Gasteiger partial charge is 0.296 e. The Bertz CT molecular complexity index is 886. The number of ether oxygens (including phenoxy) is 1. The number of methoxy groups -OCH3 is 1. The lowest BCUT2D eigenvalue weighted by molar-refractivity contribution is 0.186. The third-order valence-corrected chi connectivity index (χ3v) is 3.26. The molecule has 0 bridgehead atoms. The zero-order chi connectivity index (χ0) is 15.0. The van der Waals surface area contributed by atoms with E-state index in [0.29, 0.717) is 16.0 Å². The van der Waals surface area contributed by atoms with E-state index in [1.807, 2.05) is 0 Å². The normalized spacial score (nSPS) is 10.7. The van der Waals surface area contributed by atoms with Gasteiger partial charge in [0.2, 0.25) is 0 Å². The molecule has 6 nitrogen and oxygen atoms in total. The van der Waals surface area contributed by atoms with Crippen molar-refractivity contribution in [3.05, 3.63) is 52.9 Å². The van der Waals surface area contributed by atoms with E-state index in [2.05, 4.69) is 4.98 Å². The van der Waals surface area contributed by atoms with Gasteiger partial charge in [-0.1, -0.05) is 18.2 Å². The third kappa shape index (κ3) is 1.88. The summed E-state index contributed by atoms with van der Waals surface area (Å²) in [5.74, 6) is 0.186. The first-order chi connectivity index (χ1) is 10.1. The van der Waals surface area contributed by atoms with Crippen molar-refractivity contribution in [2.45, 2.75) is 0 Å². The Labute approximate surface area is 119 Å². The van der Waals surface area contributed by atoms with E-state index >= 15 is 0 Å². The molecule has 0 saturated heterocycles. The molecule has 106 valence electrons. The lowest BCUT2D eigenvalue weighted by Crippen LogP contribution is -2.21. The molecule has 1 aromatic carbocycles. The van der Waals surface area contributed by atoms with Crippen LogP contribution in [0, 0.1) is 0 Å². The second kappa shape index (κ2) is 4.82. The Morgan fingerprint density at radius 2 is 1.95 bits per heavy atom. The average Bonchev–Trinajstić information content (AvgIpc) is 2.53. The number of fused-ring (bicyclic) bond motifs is 1. The summed E-state index contributed by atoms with van der Waals surface area (Å²) < 4.78 is 5.63. The van der Waals surface area contributed by atoms with Crippen molar-refractivity contribution in [1.29, 1.82) is 0 Å². The molecule has 0 spiro atoms. The van der Waals surface area contributed by atoms with Crippen molar-refractivity contribution in [3.8, 4) is 22.6 Å². The van der Waals surface area contributed by atoms with Crippen LogP contribution < -0.4 is 10.3 Å². The number of hydrogen-bond acceptors (Lipinski definition) is 5. The molecule has 3 aromatic rings. The van der Waals surface area contributed by atoms with Crippen LogP contribution >= 0.6 is 0 Å². The van der Waals surface area contributed by atoms with Crippen molar-refractivity contribution in [2.24, 2.45) is 0 Å². The van der Waals surface area contributed by atoms with E-state index in [-0.39, 0.29) is 22.3 Å². The maximum absolute atomic E-state index is 12.3. The second-order valence-electron chi connectivity index (χ2n) is 4.42. The molecule has 2 heterocycles. The minimum absolute atomic E-state index is 0.00125. The predicted molar refractivity (Wildman–Crippen MR) is 76.8 cm³/mol. The topological polar surface area (TPSA) is 84.6 Å². The maximum atomic E-state index is 12.3. The quantitative estimate of drug-likeness (QED) is 0.703. The van der Waals surface area contributed by atoms with Crippen LogP contribution in [-0.4, -0.2) is 27.1 Å². The Morgan fingerprint density at radius 1 is 1.19 bits per heavy atom. The van der Waals surface area contributed by atoms with Crippen molar-refractivity contribution >= 4 is 11.0 Å². The van der Waals surface area contributed by atoms with Crippen LogP contribution in [0.3, 0.4) is 0 Å². The highest BCUT2D eigenvalue weighted by Crippen LogP contribution is 2.36. The minimum Gasteiger partial charge on any atom is -0.506 e. The first-order valence-corrected chi connectivity index (χ1v) is 6.20. The largest absolute Gasteiger partial charge is 0.506 e. The van der Waals surface area contributed by atoms with Gasteiger partial charge in [0, 0.05) is 11.8 Å². The molecule has 0 aliphatic rings. The van der Waals surface area contributed by atoms with Crippen molar-refractivity contribution < 1.29 is 15.1 Å². The van der Waals surface area contributed by atoms with E-state index in [4.69, 9.17) is 4.74 Å². The number of benzene rings is 1. The Kier molecular flexibility index (Phi) is 2.98. The molecule has 0 radical (unpaired) electrons. The van der Waals surface area contributed by atoms with E-state index in [9.17, 15) is 15.1 Å². The van der Waals surface area contributed by atoms with Crippen LogP contribution in [0.15, 0.2) is 47.4 Å². The molecule has 0 unspecified atom stereocenters. The maximum Gasteiger partial charge on any atom is 0.296 e. The number of para-hydroxylation sites is 1. The van der Waals surface area contributed by atoms with Crippen LogP contribution in [0.4, 0.5) is 0 Å². The third-order valence-electron chi connectivity index (χ3n) is 3.26. The predicted octanol–water partition coefficient (Wildman–Crippen LogP) is 2.01. The summed E-state index contributed by atoms with van der Waals surface area (Å²) in [6, 6.07) is 9.95. The van der Waals surface area contributed by atoms with E-state index < -0.39 is 5.56 Å². The summed E-state index contributed by atoms with van der Waals surface area (Å²) in [6.45, 7) is 0. The van der Waals surface area contributed by atoms with Gasteiger partial charge in [-0.25, -0.2) is 4.98 Å². The highest BCUT2D eigenvalue weighted by atomic mass is 16.5. The van der Waals surface area contributed by atoms with Crippen LogP contribution in [0.2, 0.25) is 0 Å². The van der Waals surface area contributed by atoms with Gasteiger partial charge in [0.15, 0.2) is 5.65 Å². The monoisotopic (exact) mass is 284 g/mol. The van der Waals surface area contributed by atoms with Crippen molar-refractivity contribution in [3.63, 3.8) is 0 Å². The highest BCUT2D eigenvalue weighted by Gasteiger charge is 2.20. The fraction of sp³-hybridized carbons (Fsp3) is 0.0667. The van der Waals surface area contributed by atoms with Gasteiger partial charge in [-0.3, -0.25) is 4.79 Å². The number of aromatic hydroxyl groups is 1. The Morgan fingerprint density at radius 3 is 2.71 bits per heavy atom. The van der Waals surface area contributed by atoms with Gasteiger partial charge in [-0.2, -0.15) is 0 Å². The average molecular weight is 284 g/mol. The summed E-state index contributed by atoms with van der Waals surface area (Å²) >= 11 is 0. The van der Waals surface area contributed by atoms with Crippen molar-refractivity contribution in [1.82, 2.24) is 9.71 Å². The molecule has 21 heavy (non-hydrogen) atoms. The van der Waals surface area contributed by atoms with Gasteiger partial charge in [0.25, 0.3) is 5.56 Å². The first kappa shape index (κ1) is 13.0. The number of nitrogens with zero attached hydrogens (tertiary/aromatic N) is 2.